The molecule has 0 N–H and O–H groups in total. The van der Waals surface area contributed by atoms with Crippen LogP contribution in [-0.2, 0) is 9.47 Å². The SMILES string of the molecule is O=C(CC1COC(C2CCCCC2)O1)c1ccccc1. The number of benzene rings is 1. The van der Waals surface area contributed by atoms with Crippen molar-refractivity contribution in [2.24, 2.45) is 5.92 Å². The molecule has 1 saturated heterocycles. The molecule has 3 heteroatoms. The quantitative estimate of drug-likeness (QED) is 0.787. The lowest BCUT2D eigenvalue weighted by Crippen LogP contribution is -2.25. The highest BCUT2D eigenvalue weighted by atomic mass is 16.7. The van der Waals surface area contributed by atoms with Crippen molar-refractivity contribution in [1.29, 1.82) is 0 Å². The summed E-state index contributed by atoms with van der Waals surface area (Å²) in [6.45, 7) is 0.555. The second-order valence-electron chi connectivity index (χ2n) is 5.85. The van der Waals surface area contributed by atoms with Crippen LogP contribution in [0.5, 0.6) is 0 Å². The van der Waals surface area contributed by atoms with E-state index in [9.17, 15) is 4.79 Å². The van der Waals surface area contributed by atoms with Crippen LogP contribution >= 0.6 is 0 Å². The van der Waals surface area contributed by atoms with Crippen molar-refractivity contribution in [3.8, 4) is 0 Å². The predicted molar refractivity (Wildman–Crippen MR) is 76.6 cm³/mol. The fourth-order valence-corrected chi connectivity index (χ4v) is 3.18. The van der Waals surface area contributed by atoms with E-state index < -0.39 is 0 Å². The Balaban J connectivity index is 1.51. The number of carbonyl (C=O) groups excluding carboxylic acids is 1. The van der Waals surface area contributed by atoms with Gasteiger partial charge in [0.25, 0.3) is 0 Å². The van der Waals surface area contributed by atoms with Gasteiger partial charge in [0.15, 0.2) is 12.1 Å². The van der Waals surface area contributed by atoms with Crippen molar-refractivity contribution < 1.29 is 14.3 Å². The Hall–Kier alpha value is -1.19. The normalized spacial score (nSPS) is 27.6. The molecule has 108 valence electrons. The molecule has 1 aliphatic carbocycles. The summed E-state index contributed by atoms with van der Waals surface area (Å²) in [7, 11) is 0. The molecule has 1 heterocycles. The molecule has 0 amide bonds. The summed E-state index contributed by atoms with van der Waals surface area (Å²) >= 11 is 0. The molecule has 0 radical (unpaired) electrons. The molecule has 0 aromatic heterocycles. The van der Waals surface area contributed by atoms with E-state index in [4.69, 9.17) is 9.47 Å². The predicted octanol–water partition coefficient (Wildman–Crippen LogP) is 3.58. The van der Waals surface area contributed by atoms with Crippen molar-refractivity contribution in [2.45, 2.75) is 50.9 Å². The van der Waals surface area contributed by atoms with Crippen LogP contribution in [0, 0.1) is 5.92 Å². The molecule has 3 nitrogen and oxygen atoms in total. The number of ether oxygens (including phenoxy) is 2. The van der Waals surface area contributed by atoms with Crippen LogP contribution in [0.25, 0.3) is 0 Å². The molecule has 20 heavy (non-hydrogen) atoms. The van der Waals surface area contributed by atoms with Crippen molar-refractivity contribution in [1.82, 2.24) is 0 Å². The summed E-state index contributed by atoms with van der Waals surface area (Å²) < 4.78 is 11.7. The highest BCUT2D eigenvalue weighted by Gasteiger charge is 2.34. The molecule has 3 rings (SSSR count). The third kappa shape index (κ3) is 3.28. The molecule has 2 fully saturated rings. The molecule has 1 saturated carbocycles. The van der Waals surface area contributed by atoms with Crippen molar-refractivity contribution >= 4 is 5.78 Å². The van der Waals surface area contributed by atoms with Crippen molar-refractivity contribution in [2.75, 3.05) is 6.61 Å². The Kier molecular flexibility index (Phi) is 4.48. The van der Waals surface area contributed by atoms with E-state index in [2.05, 4.69) is 0 Å². The topological polar surface area (TPSA) is 35.5 Å². The first-order valence-electron chi connectivity index (χ1n) is 7.68. The molecular formula is C17H22O3. The zero-order valence-electron chi connectivity index (χ0n) is 11.8. The van der Waals surface area contributed by atoms with Crippen molar-refractivity contribution in [3.05, 3.63) is 35.9 Å². The van der Waals surface area contributed by atoms with Crippen LogP contribution in [0.3, 0.4) is 0 Å². The zero-order valence-corrected chi connectivity index (χ0v) is 11.8. The molecule has 0 bridgehead atoms. The minimum atomic E-state index is -0.0797. The van der Waals surface area contributed by atoms with Crippen LogP contribution in [0.1, 0.15) is 48.9 Å². The van der Waals surface area contributed by atoms with Gasteiger partial charge in [-0.3, -0.25) is 4.79 Å². The Morgan fingerprint density at radius 1 is 1.10 bits per heavy atom. The number of hydrogen-bond acceptors (Lipinski definition) is 3. The van der Waals surface area contributed by atoms with Gasteiger partial charge in [0, 0.05) is 17.9 Å². The fourth-order valence-electron chi connectivity index (χ4n) is 3.18. The van der Waals surface area contributed by atoms with Gasteiger partial charge in [-0.15, -0.1) is 0 Å². The van der Waals surface area contributed by atoms with Gasteiger partial charge in [-0.25, -0.2) is 0 Å². The molecule has 1 aromatic rings. The lowest BCUT2D eigenvalue weighted by atomic mass is 9.89. The standard InChI is InChI=1S/C17H22O3/c18-16(13-7-3-1-4-8-13)11-15-12-19-17(20-15)14-9-5-2-6-10-14/h1,3-4,7-8,14-15,17H,2,5-6,9-12H2. The van der Waals surface area contributed by atoms with Gasteiger partial charge >= 0.3 is 0 Å². The van der Waals surface area contributed by atoms with Gasteiger partial charge in [-0.05, 0) is 12.8 Å². The maximum atomic E-state index is 12.1. The number of Topliss-reactive ketones (excluding diaryl/α,β-unsaturated/α-hetero) is 1. The number of hydrogen-bond donors (Lipinski definition) is 0. The van der Waals surface area contributed by atoms with Crippen LogP contribution in [0.15, 0.2) is 30.3 Å². The molecular weight excluding hydrogens is 252 g/mol. The lowest BCUT2D eigenvalue weighted by molar-refractivity contribution is -0.104. The second kappa shape index (κ2) is 6.51. The Morgan fingerprint density at radius 2 is 1.85 bits per heavy atom. The summed E-state index contributed by atoms with van der Waals surface area (Å²) in [6.07, 6.45) is 6.56. The van der Waals surface area contributed by atoms with E-state index >= 15 is 0 Å². The number of ketones is 1. The van der Waals surface area contributed by atoms with E-state index in [0.717, 1.165) is 5.56 Å². The average Bonchev–Trinajstić information content (AvgIpc) is 2.97. The maximum absolute atomic E-state index is 12.1. The summed E-state index contributed by atoms with van der Waals surface area (Å²) in [6, 6.07) is 9.42. The van der Waals surface area contributed by atoms with Gasteiger partial charge in [0.1, 0.15) is 0 Å². The van der Waals surface area contributed by atoms with E-state index in [1.165, 1.54) is 32.1 Å². The largest absolute Gasteiger partial charge is 0.350 e. The summed E-state index contributed by atoms with van der Waals surface area (Å²) in [5, 5.41) is 0. The minimum absolute atomic E-state index is 0.0744. The summed E-state index contributed by atoms with van der Waals surface area (Å²) in [5.74, 6) is 0.670. The van der Waals surface area contributed by atoms with Gasteiger partial charge < -0.3 is 9.47 Å². The third-order valence-corrected chi connectivity index (χ3v) is 4.32. The molecule has 2 aliphatic rings. The van der Waals surface area contributed by atoms with Gasteiger partial charge in [0.05, 0.1) is 12.7 Å². The average molecular weight is 274 g/mol. The highest BCUT2D eigenvalue weighted by Crippen LogP contribution is 2.32. The summed E-state index contributed by atoms with van der Waals surface area (Å²) in [4.78, 5) is 12.1. The van der Waals surface area contributed by atoms with Crippen molar-refractivity contribution in [3.63, 3.8) is 0 Å². The second-order valence-corrected chi connectivity index (χ2v) is 5.85. The molecule has 2 unspecified atom stereocenters. The van der Waals surface area contributed by atoms with E-state index in [0.29, 0.717) is 18.9 Å². The first-order chi connectivity index (χ1) is 9.83. The van der Waals surface area contributed by atoms with Crippen LogP contribution in [-0.4, -0.2) is 24.8 Å². The zero-order chi connectivity index (χ0) is 13.8. The third-order valence-electron chi connectivity index (χ3n) is 4.32. The minimum Gasteiger partial charge on any atom is -0.350 e. The number of rotatable bonds is 4. The maximum Gasteiger partial charge on any atom is 0.165 e. The Labute approximate surface area is 120 Å². The molecule has 1 aromatic carbocycles. The number of carbonyl (C=O) groups is 1. The van der Waals surface area contributed by atoms with Crippen LogP contribution < -0.4 is 0 Å². The smallest absolute Gasteiger partial charge is 0.165 e. The van der Waals surface area contributed by atoms with Gasteiger partial charge in [-0.2, -0.15) is 0 Å². The van der Waals surface area contributed by atoms with E-state index in [1.807, 2.05) is 30.3 Å². The Bertz CT molecular complexity index is 437. The van der Waals surface area contributed by atoms with Gasteiger partial charge in [-0.1, -0.05) is 49.6 Å². The van der Waals surface area contributed by atoms with Gasteiger partial charge in [0.2, 0.25) is 0 Å². The lowest BCUT2D eigenvalue weighted by Gasteiger charge is -2.26. The van der Waals surface area contributed by atoms with E-state index in [-0.39, 0.29) is 18.2 Å². The first kappa shape index (κ1) is 13.8. The van der Waals surface area contributed by atoms with E-state index in [1.54, 1.807) is 0 Å². The fraction of sp³-hybridized carbons (Fsp3) is 0.588. The highest BCUT2D eigenvalue weighted by molar-refractivity contribution is 5.96. The molecule has 1 aliphatic heterocycles. The Morgan fingerprint density at radius 3 is 2.60 bits per heavy atom. The first-order valence-corrected chi connectivity index (χ1v) is 7.68. The molecule has 0 spiro atoms. The van der Waals surface area contributed by atoms with Crippen LogP contribution in [0.4, 0.5) is 0 Å². The monoisotopic (exact) mass is 274 g/mol. The summed E-state index contributed by atoms with van der Waals surface area (Å²) in [5.41, 5.74) is 0.761. The van der Waals surface area contributed by atoms with Crippen LogP contribution in [0.2, 0.25) is 0 Å². The molecule has 2 atom stereocenters.